The summed E-state index contributed by atoms with van der Waals surface area (Å²) in [5, 5.41) is 6.65. The Bertz CT molecular complexity index is 946. The van der Waals surface area contributed by atoms with Crippen LogP contribution < -0.4 is 10.1 Å². The maximum atomic E-state index is 12.2. The average Bonchev–Trinajstić information content (AvgIpc) is 3.22. The van der Waals surface area contributed by atoms with E-state index in [-0.39, 0.29) is 36.0 Å². The van der Waals surface area contributed by atoms with Crippen molar-refractivity contribution in [2.24, 2.45) is 0 Å². The van der Waals surface area contributed by atoms with Gasteiger partial charge in [-0.1, -0.05) is 5.16 Å². The van der Waals surface area contributed by atoms with Gasteiger partial charge in [0.2, 0.25) is 11.7 Å². The van der Waals surface area contributed by atoms with E-state index < -0.39 is 6.36 Å². The summed E-state index contributed by atoms with van der Waals surface area (Å²) in [5.41, 5.74) is 1.01. The summed E-state index contributed by atoms with van der Waals surface area (Å²) in [6.07, 6.45) is -3.05. The van der Waals surface area contributed by atoms with E-state index >= 15 is 0 Å². The normalized spacial score (nSPS) is 11.6. The SMILES string of the molecule is CC(C)NC(=O)Cn1cccc1-c1nc(-c2ccc(OC(F)(F)F)cc2)no1. The van der Waals surface area contributed by atoms with E-state index in [4.69, 9.17) is 4.52 Å². The van der Waals surface area contributed by atoms with Crippen LogP contribution in [0.5, 0.6) is 5.75 Å². The van der Waals surface area contributed by atoms with Crippen molar-refractivity contribution in [2.75, 3.05) is 0 Å². The molecule has 2 aromatic heterocycles. The molecule has 3 aromatic rings. The number of carbonyl (C=O) groups excluding carboxylic acids is 1. The molecule has 0 aliphatic heterocycles. The molecule has 0 bridgehead atoms. The van der Waals surface area contributed by atoms with Crippen LogP contribution >= 0.6 is 0 Å². The van der Waals surface area contributed by atoms with Crippen LogP contribution in [0.15, 0.2) is 47.1 Å². The first-order chi connectivity index (χ1) is 13.2. The van der Waals surface area contributed by atoms with E-state index in [1.165, 1.54) is 12.1 Å². The molecule has 7 nitrogen and oxygen atoms in total. The molecule has 0 radical (unpaired) electrons. The summed E-state index contributed by atoms with van der Waals surface area (Å²) < 4.78 is 47.4. The summed E-state index contributed by atoms with van der Waals surface area (Å²) in [6, 6.07) is 8.60. The van der Waals surface area contributed by atoms with Crippen LogP contribution in [0.25, 0.3) is 23.0 Å². The summed E-state index contributed by atoms with van der Waals surface area (Å²) in [5.74, 6) is -0.113. The number of hydrogen-bond acceptors (Lipinski definition) is 5. The van der Waals surface area contributed by atoms with Gasteiger partial charge in [0.25, 0.3) is 5.89 Å². The third-order valence-corrected chi connectivity index (χ3v) is 3.58. The van der Waals surface area contributed by atoms with Crippen molar-refractivity contribution in [1.82, 2.24) is 20.0 Å². The lowest BCUT2D eigenvalue weighted by Crippen LogP contribution is -2.33. The van der Waals surface area contributed by atoms with Crippen LogP contribution in [0.2, 0.25) is 0 Å². The highest BCUT2D eigenvalue weighted by atomic mass is 19.4. The van der Waals surface area contributed by atoms with Crippen molar-refractivity contribution < 1.29 is 27.2 Å². The summed E-state index contributed by atoms with van der Waals surface area (Å²) in [7, 11) is 0. The van der Waals surface area contributed by atoms with Gasteiger partial charge in [0, 0.05) is 17.8 Å². The van der Waals surface area contributed by atoms with Crippen LogP contribution in [0.1, 0.15) is 13.8 Å². The van der Waals surface area contributed by atoms with Crippen LogP contribution in [-0.4, -0.2) is 33.0 Å². The molecule has 148 valence electrons. The zero-order valence-electron chi connectivity index (χ0n) is 15.0. The highest BCUT2D eigenvalue weighted by Gasteiger charge is 2.31. The second-order valence-electron chi connectivity index (χ2n) is 6.24. The minimum atomic E-state index is -4.76. The molecular formula is C18H17F3N4O3. The number of hydrogen-bond donors (Lipinski definition) is 1. The van der Waals surface area contributed by atoms with Crippen molar-refractivity contribution in [2.45, 2.75) is 32.8 Å². The minimum Gasteiger partial charge on any atom is -0.406 e. The predicted molar refractivity (Wildman–Crippen MR) is 93.1 cm³/mol. The lowest BCUT2D eigenvalue weighted by atomic mass is 10.2. The summed E-state index contributed by atoms with van der Waals surface area (Å²) >= 11 is 0. The quantitative estimate of drug-likeness (QED) is 0.691. The Morgan fingerprint density at radius 1 is 1.25 bits per heavy atom. The van der Waals surface area contributed by atoms with Gasteiger partial charge in [-0.3, -0.25) is 4.79 Å². The second kappa shape index (κ2) is 7.75. The topological polar surface area (TPSA) is 82.2 Å². The highest BCUT2D eigenvalue weighted by Crippen LogP contribution is 2.27. The molecule has 0 aliphatic rings. The number of rotatable bonds is 6. The highest BCUT2D eigenvalue weighted by molar-refractivity contribution is 5.76. The Hall–Kier alpha value is -3.30. The fourth-order valence-corrected chi connectivity index (χ4v) is 2.52. The van der Waals surface area contributed by atoms with Crippen molar-refractivity contribution in [3.8, 4) is 28.7 Å². The van der Waals surface area contributed by atoms with Crippen molar-refractivity contribution in [3.05, 3.63) is 42.6 Å². The van der Waals surface area contributed by atoms with Gasteiger partial charge < -0.3 is 19.1 Å². The molecule has 1 N–H and O–H groups in total. The fraction of sp³-hybridized carbons (Fsp3) is 0.278. The molecule has 0 atom stereocenters. The first kappa shape index (κ1) is 19.5. The van der Waals surface area contributed by atoms with Gasteiger partial charge in [0.15, 0.2) is 0 Å². The lowest BCUT2D eigenvalue weighted by Gasteiger charge is -2.10. The number of carbonyl (C=O) groups is 1. The maximum absolute atomic E-state index is 12.2. The zero-order valence-corrected chi connectivity index (χ0v) is 15.0. The molecule has 0 aliphatic carbocycles. The molecule has 28 heavy (non-hydrogen) atoms. The first-order valence-electron chi connectivity index (χ1n) is 8.36. The van der Waals surface area contributed by atoms with E-state index in [9.17, 15) is 18.0 Å². The van der Waals surface area contributed by atoms with Crippen LogP contribution in [0, 0.1) is 0 Å². The summed E-state index contributed by atoms with van der Waals surface area (Å²) in [4.78, 5) is 16.2. The van der Waals surface area contributed by atoms with Crippen LogP contribution in [0.3, 0.4) is 0 Å². The number of ether oxygens (including phenoxy) is 1. The molecule has 0 spiro atoms. The van der Waals surface area contributed by atoms with Crippen LogP contribution in [-0.2, 0) is 11.3 Å². The number of amides is 1. The lowest BCUT2D eigenvalue weighted by molar-refractivity contribution is -0.274. The molecule has 3 rings (SSSR count). The van der Waals surface area contributed by atoms with Crippen molar-refractivity contribution in [1.29, 1.82) is 0 Å². The number of alkyl halides is 3. The van der Waals surface area contributed by atoms with Gasteiger partial charge in [-0.25, -0.2) is 0 Å². The third-order valence-electron chi connectivity index (χ3n) is 3.58. The molecule has 2 heterocycles. The third kappa shape index (κ3) is 4.90. The predicted octanol–water partition coefficient (Wildman–Crippen LogP) is 3.63. The van der Waals surface area contributed by atoms with Gasteiger partial charge in [-0.05, 0) is 50.2 Å². The zero-order chi connectivity index (χ0) is 20.3. The first-order valence-corrected chi connectivity index (χ1v) is 8.36. The van der Waals surface area contributed by atoms with Crippen molar-refractivity contribution >= 4 is 5.91 Å². The standard InChI is InChI=1S/C18H17F3N4O3/c1-11(2)22-15(26)10-25-9-3-4-14(25)17-23-16(24-28-17)12-5-7-13(8-6-12)27-18(19,20)21/h3-9,11H,10H2,1-2H3,(H,22,26). The number of nitrogens with zero attached hydrogens (tertiary/aromatic N) is 3. The molecule has 0 saturated carbocycles. The van der Waals surface area contributed by atoms with Crippen LogP contribution in [0.4, 0.5) is 13.2 Å². The molecule has 1 aromatic carbocycles. The Kier molecular flexibility index (Phi) is 5.39. The summed E-state index contributed by atoms with van der Waals surface area (Å²) in [6.45, 7) is 3.81. The van der Waals surface area contributed by atoms with Gasteiger partial charge in [-0.15, -0.1) is 13.2 Å². The van der Waals surface area contributed by atoms with Gasteiger partial charge >= 0.3 is 6.36 Å². The molecule has 0 fully saturated rings. The Morgan fingerprint density at radius 2 is 1.96 bits per heavy atom. The fourth-order valence-electron chi connectivity index (χ4n) is 2.52. The van der Waals surface area contributed by atoms with Crippen molar-refractivity contribution in [3.63, 3.8) is 0 Å². The second-order valence-corrected chi connectivity index (χ2v) is 6.24. The van der Waals surface area contributed by atoms with Gasteiger partial charge in [0.05, 0.1) is 0 Å². The van der Waals surface area contributed by atoms with E-state index in [2.05, 4.69) is 20.2 Å². The van der Waals surface area contributed by atoms with E-state index in [0.29, 0.717) is 11.3 Å². The number of aromatic nitrogens is 3. The Balaban J connectivity index is 1.76. The van der Waals surface area contributed by atoms with Gasteiger partial charge in [0.1, 0.15) is 18.0 Å². The molecule has 0 unspecified atom stereocenters. The Morgan fingerprint density at radius 3 is 2.61 bits per heavy atom. The van der Waals surface area contributed by atoms with E-state index in [0.717, 1.165) is 12.1 Å². The number of halogens is 3. The smallest absolute Gasteiger partial charge is 0.406 e. The number of benzene rings is 1. The van der Waals surface area contributed by atoms with E-state index in [1.54, 1.807) is 22.9 Å². The maximum Gasteiger partial charge on any atom is 0.573 e. The molecule has 10 heteroatoms. The number of nitrogens with one attached hydrogen (secondary N) is 1. The molecule has 0 saturated heterocycles. The van der Waals surface area contributed by atoms with E-state index in [1.807, 2.05) is 13.8 Å². The molecular weight excluding hydrogens is 377 g/mol. The molecule has 1 amide bonds. The van der Waals surface area contributed by atoms with Gasteiger partial charge in [-0.2, -0.15) is 4.98 Å². The largest absolute Gasteiger partial charge is 0.573 e. The average molecular weight is 394 g/mol. The minimum absolute atomic E-state index is 0.0193. The Labute approximate surface area is 158 Å². The monoisotopic (exact) mass is 394 g/mol.